The molecule has 0 unspecified atom stereocenters. The fraction of sp³-hybridized carbons (Fsp3) is 0. The van der Waals surface area contributed by atoms with Gasteiger partial charge in [0.15, 0.2) is 0 Å². The Balaban J connectivity index is -0.0000000450. The van der Waals surface area contributed by atoms with Crippen LogP contribution in [0.25, 0.3) is 0 Å². The van der Waals surface area contributed by atoms with Crippen molar-refractivity contribution in [2.75, 3.05) is 0 Å². The smallest absolute Gasteiger partial charge is 0 e. The molecule has 36 valence electrons. The Morgan fingerprint density at radius 1 is 1.00 bits per heavy atom. The van der Waals surface area contributed by atoms with Crippen LogP contribution in [0.15, 0.2) is 0 Å². The van der Waals surface area contributed by atoms with Crippen LogP contribution in [0.1, 0.15) is 0 Å². The van der Waals surface area contributed by atoms with E-state index in [0.717, 1.165) is 0 Å². The minimum atomic E-state index is -2.17. The van der Waals surface area contributed by atoms with Gasteiger partial charge in [-0.1, -0.05) is 0 Å². The second kappa shape index (κ2) is 9.74. The van der Waals surface area contributed by atoms with Crippen molar-refractivity contribution in [1.29, 1.82) is 0 Å². The zero-order valence-electron chi connectivity index (χ0n) is 3.13. The Morgan fingerprint density at radius 3 is 1.00 bits per heavy atom. The SMILES string of the molecule is OB(O)O.[BiH3].[Ti]. The zero-order chi connectivity index (χ0) is 3.58. The second-order valence-electron chi connectivity index (χ2n) is 0.346. The van der Waals surface area contributed by atoms with Gasteiger partial charge in [0.2, 0.25) is 0 Å². The summed E-state index contributed by atoms with van der Waals surface area (Å²) in [6.45, 7) is 0. The third-order valence-corrected chi connectivity index (χ3v) is 0. The van der Waals surface area contributed by atoms with Crippen LogP contribution in [0.3, 0.4) is 0 Å². The predicted octanol–water partition coefficient (Wildman–Crippen LogP) is -3.24. The summed E-state index contributed by atoms with van der Waals surface area (Å²) in [5, 5.41) is 21.5. The first-order valence-electron chi connectivity index (χ1n) is 0.775. The van der Waals surface area contributed by atoms with E-state index in [0.29, 0.717) is 0 Å². The van der Waals surface area contributed by atoms with E-state index in [1.54, 1.807) is 0 Å². The van der Waals surface area contributed by atoms with E-state index in [2.05, 4.69) is 0 Å². The average Bonchev–Trinajstić information content (AvgIpc) is 0.811. The summed E-state index contributed by atoms with van der Waals surface area (Å²) in [4.78, 5) is 0. The molecule has 0 saturated heterocycles. The maximum absolute atomic E-state index is 7.17. The first-order valence-corrected chi connectivity index (χ1v) is 0.775. The molecule has 0 saturated carbocycles. The molecular formula is H6BBiO3Ti. The van der Waals surface area contributed by atoms with E-state index in [-0.39, 0.29) is 47.9 Å². The van der Waals surface area contributed by atoms with Crippen molar-refractivity contribution in [1.82, 2.24) is 0 Å². The summed E-state index contributed by atoms with van der Waals surface area (Å²) in [6.07, 6.45) is 0. The van der Waals surface area contributed by atoms with E-state index in [4.69, 9.17) is 15.1 Å². The van der Waals surface area contributed by atoms with Gasteiger partial charge in [0.05, 0.1) is 0 Å². The molecule has 0 bridgehead atoms. The third kappa shape index (κ3) is 48.1. The Bertz CT molecular complexity index is 15.5. The summed E-state index contributed by atoms with van der Waals surface area (Å²) in [6, 6.07) is 0. The summed E-state index contributed by atoms with van der Waals surface area (Å²) in [7, 11) is -2.17. The van der Waals surface area contributed by atoms with E-state index in [1.165, 1.54) is 0 Å². The van der Waals surface area contributed by atoms with Crippen LogP contribution in [-0.2, 0) is 21.7 Å². The Kier molecular flexibility index (Phi) is 25.4. The molecule has 0 aliphatic heterocycles. The molecule has 0 heterocycles. The minimum absolute atomic E-state index is 0. The molecule has 0 aliphatic carbocycles. The minimum Gasteiger partial charge on any atom is 0 e. The Hall–Kier alpha value is 1.54. The molecule has 0 rings (SSSR count). The second-order valence-corrected chi connectivity index (χ2v) is 0.346. The van der Waals surface area contributed by atoms with Crippen molar-refractivity contribution in [2.24, 2.45) is 0 Å². The van der Waals surface area contributed by atoms with Crippen molar-refractivity contribution in [3.63, 3.8) is 0 Å². The number of rotatable bonds is 0. The van der Waals surface area contributed by atoms with Gasteiger partial charge in [-0.3, -0.25) is 0 Å². The van der Waals surface area contributed by atoms with Crippen molar-refractivity contribution in [3.05, 3.63) is 0 Å². The molecule has 6 heavy (non-hydrogen) atoms. The molecule has 0 aromatic rings. The largest absolute Gasteiger partial charge is 0 e. The molecule has 0 aromatic heterocycles. The molecule has 0 amide bonds. The Labute approximate surface area is 69.9 Å². The van der Waals surface area contributed by atoms with Gasteiger partial charge >= 0.3 is 33.5 Å². The van der Waals surface area contributed by atoms with Crippen molar-refractivity contribution >= 4 is 33.5 Å². The number of hydrogen-bond acceptors (Lipinski definition) is 3. The Morgan fingerprint density at radius 2 is 1.00 bits per heavy atom. The van der Waals surface area contributed by atoms with Crippen LogP contribution in [0.2, 0.25) is 0 Å². The molecule has 0 fully saturated rings. The molecular weight excluding hydrogens is 316 g/mol. The maximum atomic E-state index is 7.17. The van der Waals surface area contributed by atoms with Gasteiger partial charge in [-0.2, -0.15) is 0 Å². The van der Waals surface area contributed by atoms with Crippen LogP contribution >= 0.6 is 0 Å². The van der Waals surface area contributed by atoms with E-state index in [9.17, 15) is 0 Å². The van der Waals surface area contributed by atoms with Gasteiger partial charge in [-0.05, 0) is 0 Å². The van der Waals surface area contributed by atoms with E-state index in [1.807, 2.05) is 0 Å². The van der Waals surface area contributed by atoms with Gasteiger partial charge in [-0.15, -0.1) is 0 Å². The zero-order valence-corrected chi connectivity index (χ0v) is 10.2. The van der Waals surface area contributed by atoms with Gasteiger partial charge in [-0.25, -0.2) is 0 Å². The first kappa shape index (κ1) is 15.6. The van der Waals surface area contributed by atoms with Gasteiger partial charge < -0.3 is 15.1 Å². The summed E-state index contributed by atoms with van der Waals surface area (Å²) < 4.78 is 0. The normalized spacial score (nSPS) is 4.50. The van der Waals surface area contributed by atoms with E-state index >= 15 is 0 Å². The van der Waals surface area contributed by atoms with Crippen molar-refractivity contribution in [3.8, 4) is 0 Å². The van der Waals surface area contributed by atoms with Gasteiger partial charge in [0.1, 0.15) is 0 Å². The topological polar surface area (TPSA) is 60.7 Å². The molecule has 0 aromatic carbocycles. The molecule has 0 spiro atoms. The average molecular weight is 322 g/mol. The molecule has 0 aliphatic rings. The fourth-order valence-electron chi connectivity index (χ4n) is 0. The first-order chi connectivity index (χ1) is 1.73. The summed E-state index contributed by atoms with van der Waals surface area (Å²) >= 11 is 0. The van der Waals surface area contributed by atoms with Gasteiger partial charge in [0, 0.05) is 21.7 Å². The predicted molar refractivity (Wildman–Crippen MR) is 22.3 cm³/mol. The van der Waals surface area contributed by atoms with Crippen LogP contribution in [0, 0.1) is 0 Å². The van der Waals surface area contributed by atoms with Crippen LogP contribution in [-0.4, -0.2) is 48.6 Å². The molecule has 3 N–H and O–H groups in total. The maximum Gasteiger partial charge on any atom is 0 e. The van der Waals surface area contributed by atoms with Gasteiger partial charge in [0.25, 0.3) is 0 Å². The fourth-order valence-corrected chi connectivity index (χ4v) is 0. The molecule has 0 atom stereocenters. The quantitative estimate of drug-likeness (QED) is 0.411. The van der Waals surface area contributed by atoms with Crippen LogP contribution < -0.4 is 0 Å². The van der Waals surface area contributed by atoms with Crippen molar-refractivity contribution < 1.29 is 36.8 Å². The van der Waals surface area contributed by atoms with E-state index < -0.39 is 7.32 Å². The standard InChI is InChI=1S/BH3O3.Bi.Ti.3H/c2-1(3)4;;;;;/h2-4H;;;;;. The van der Waals surface area contributed by atoms with Crippen LogP contribution in [0.5, 0.6) is 0 Å². The van der Waals surface area contributed by atoms with Crippen molar-refractivity contribution in [2.45, 2.75) is 0 Å². The monoisotopic (exact) mass is 322 g/mol. The third-order valence-electron chi connectivity index (χ3n) is 0. The molecule has 3 nitrogen and oxygen atoms in total. The molecule has 0 radical (unpaired) electrons. The molecule has 6 heteroatoms. The summed E-state index contributed by atoms with van der Waals surface area (Å²) in [5.74, 6) is 0. The summed E-state index contributed by atoms with van der Waals surface area (Å²) in [5.41, 5.74) is 0. The van der Waals surface area contributed by atoms with Crippen LogP contribution in [0.4, 0.5) is 0 Å². The number of hydrogen-bond donors (Lipinski definition) is 3.